The fourth-order valence-electron chi connectivity index (χ4n) is 3.34. The molecule has 9 nitrogen and oxygen atoms in total. The van der Waals surface area contributed by atoms with Gasteiger partial charge in [-0.05, 0) is 56.2 Å². The van der Waals surface area contributed by atoms with Gasteiger partial charge in [-0.2, -0.15) is 0 Å². The molecule has 2 atom stereocenters. The summed E-state index contributed by atoms with van der Waals surface area (Å²) >= 11 is 0. The summed E-state index contributed by atoms with van der Waals surface area (Å²) in [4.78, 5) is 35.4. The van der Waals surface area contributed by atoms with E-state index in [-0.39, 0.29) is 25.1 Å². The van der Waals surface area contributed by atoms with Crippen LogP contribution in [0.5, 0.6) is 17.2 Å². The molecule has 2 aromatic rings. The van der Waals surface area contributed by atoms with Crippen LogP contribution in [0.3, 0.4) is 0 Å². The van der Waals surface area contributed by atoms with Crippen molar-refractivity contribution in [3.8, 4) is 17.2 Å². The van der Waals surface area contributed by atoms with E-state index in [0.29, 0.717) is 17.2 Å². The highest BCUT2D eigenvalue weighted by molar-refractivity contribution is 5.81. The first kappa shape index (κ1) is 24.9. The Morgan fingerprint density at radius 2 is 1.79 bits per heavy atom. The minimum absolute atomic E-state index is 0.184. The molecule has 2 aromatic carbocycles. The molecule has 1 heterocycles. The predicted octanol–water partition coefficient (Wildman–Crippen LogP) is 3.73. The Hall–Kier alpha value is -3.75. The minimum atomic E-state index is -0.925. The molecule has 0 saturated carbocycles. The van der Waals surface area contributed by atoms with Crippen molar-refractivity contribution in [2.75, 3.05) is 13.7 Å². The average Bonchev–Trinajstić information content (AvgIpc) is 2.76. The van der Waals surface area contributed by atoms with E-state index in [1.807, 2.05) is 12.1 Å². The molecular weight excluding hydrogens is 442 g/mol. The fraction of sp³-hybridized carbons (Fsp3) is 0.400. The standard InChI is InChI=1S/C25H29NO8/c1-15(27)32-18-9-7-17(8-10-18)22-14-31-21-13-16(6-11-20(21)33-22)12-19(23(28)30-5)26-24(29)34-25(2,3)4/h6-11,13,19,22H,12,14H2,1-5H3,(H,26,29)/t19-,22?/m0/s1. The molecule has 1 unspecified atom stereocenters. The van der Waals surface area contributed by atoms with E-state index < -0.39 is 23.7 Å². The second-order valence-corrected chi connectivity index (χ2v) is 8.79. The molecule has 182 valence electrons. The van der Waals surface area contributed by atoms with Crippen LogP contribution in [0.4, 0.5) is 4.79 Å². The van der Waals surface area contributed by atoms with Gasteiger partial charge >= 0.3 is 18.0 Å². The number of fused-ring (bicyclic) bond motifs is 1. The first-order valence-corrected chi connectivity index (χ1v) is 10.8. The van der Waals surface area contributed by atoms with Crippen LogP contribution in [0.15, 0.2) is 42.5 Å². The van der Waals surface area contributed by atoms with Gasteiger partial charge in [-0.3, -0.25) is 4.79 Å². The fourth-order valence-corrected chi connectivity index (χ4v) is 3.34. The number of ether oxygens (including phenoxy) is 5. The quantitative estimate of drug-likeness (QED) is 0.501. The van der Waals surface area contributed by atoms with Gasteiger partial charge in [0, 0.05) is 13.3 Å². The van der Waals surface area contributed by atoms with E-state index >= 15 is 0 Å². The predicted molar refractivity (Wildman–Crippen MR) is 122 cm³/mol. The zero-order valence-corrected chi connectivity index (χ0v) is 19.9. The Balaban J connectivity index is 1.67. The maximum Gasteiger partial charge on any atom is 0.408 e. The molecule has 34 heavy (non-hydrogen) atoms. The number of hydrogen-bond acceptors (Lipinski definition) is 8. The molecule has 1 aliphatic heterocycles. The molecule has 0 saturated heterocycles. The largest absolute Gasteiger partial charge is 0.485 e. The average molecular weight is 472 g/mol. The molecule has 1 N–H and O–H groups in total. The Morgan fingerprint density at radius 1 is 1.09 bits per heavy atom. The smallest absolute Gasteiger partial charge is 0.408 e. The van der Waals surface area contributed by atoms with E-state index in [2.05, 4.69) is 5.32 Å². The lowest BCUT2D eigenvalue weighted by Crippen LogP contribution is -2.45. The number of amides is 1. The minimum Gasteiger partial charge on any atom is -0.485 e. The number of benzene rings is 2. The van der Waals surface area contributed by atoms with Crippen molar-refractivity contribution in [2.24, 2.45) is 0 Å². The van der Waals surface area contributed by atoms with Gasteiger partial charge in [-0.25, -0.2) is 9.59 Å². The van der Waals surface area contributed by atoms with Crippen LogP contribution in [0.2, 0.25) is 0 Å². The van der Waals surface area contributed by atoms with Gasteiger partial charge in [-0.15, -0.1) is 0 Å². The zero-order valence-electron chi connectivity index (χ0n) is 19.9. The molecule has 1 amide bonds. The molecule has 0 aliphatic carbocycles. The van der Waals surface area contributed by atoms with Crippen LogP contribution in [0.1, 0.15) is 44.9 Å². The van der Waals surface area contributed by atoms with Gasteiger partial charge in [0.1, 0.15) is 24.0 Å². The van der Waals surface area contributed by atoms with Crippen LogP contribution in [-0.4, -0.2) is 43.4 Å². The Morgan fingerprint density at radius 3 is 2.41 bits per heavy atom. The molecule has 9 heteroatoms. The number of carbonyl (C=O) groups is 3. The van der Waals surface area contributed by atoms with Crippen molar-refractivity contribution < 1.29 is 38.1 Å². The van der Waals surface area contributed by atoms with Crippen LogP contribution >= 0.6 is 0 Å². The van der Waals surface area contributed by atoms with Crippen molar-refractivity contribution in [2.45, 2.75) is 51.9 Å². The van der Waals surface area contributed by atoms with Crippen molar-refractivity contribution in [3.63, 3.8) is 0 Å². The molecule has 3 rings (SSSR count). The first-order chi connectivity index (χ1) is 16.0. The highest BCUT2D eigenvalue weighted by atomic mass is 16.6. The lowest BCUT2D eigenvalue weighted by atomic mass is 10.0. The second kappa shape index (κ2) is 10.5. The number of alkyl carbamates (subject to hydrolysis) is 1. The Bertz CT molecular complexity index is 1040. The number of hydrogen-bond donors (Lipinski definition) is 1. The van der Waals surface area contributed by atoms with Gasteiger partial charge in [0.2, 0.25) is 0 Å². The summed E-state index contributed by atoms with van der Waals surface area (Å²) in [5.74, 6) is 0.576. The third-order valence-corrected chi connectivity index (χ3v) is 4.80. The summed E-state index contributed by atoms with van der Waals surface area (Å²) in [5.41, 5.74) is 0.926. The Labute approximate surface area is 198 Å². The SMILES string of the molecule is COC(=O)[C@H](Cc1ccc2c(c1)OCC(c1ccc(OC(C)=O)cc1)O2)NC(=O)OC(C)(C)C. The van der Waals surface area contributed by atoms with E-state index in [1.54, 1.807) is 51.1 Å². The van der Waals surface area contributed by atoms with Crippen LogP contribution in [0.25, 0.3) is 0 Å². The Kier molecular flexibility index (Phi) is 7.65. The number of esters is 2. The van der Waals surface area contributed by atoms with Crippen molar-refractivity contribution in [3.05, 3.63) is 53.6 Å². The summed E-state index contributed by atoms with van der Waals surface area (Å²) in [7, 11) is 1.26. The summed E-state index contributed by atoms with van der Waals surface area (Å²) in [6.07, 6.45) is -0.853. The lowest BCUT2D eigenvalue weighted by molar-refractivity contribution is -0.143. The van der Waals surface area contributed by atoms with Crippen molar-refractivity contribution in [1.82, 2.24) is 5.32 Å². The molecule has 0 aromatic heterocycles. The molecule has 0 spiro atoms. The van der Waals surface area contributed by atoms with E-state index in [1.165, 1.54) is 14.0 Å². The number of rotatable bonds is 6. The summed E-state index contributed by atoms with van der Waals surface area (Å²) in [6.45, 7) is 6.84. The third kappa shape index (κ3) is 6.87. The second-order valence-electron chi connectivity index (χ2n) is 8.79. The molecule has 0 radical (unpaired) electrons. The zero-order chi connectivity index (χ0) is 24.9. The van der Waals surface area contributed by atoms with E-state index in [9.17, 15) is 14.4 Å². The normalized spacial score (nSPS) is 15.6. The maximum atomic E-state index is 12.2. The van der Waals surface area contributed by atoms with Gasteiger partial charge in [0.15, 0.2) is 17.6 Å². The summed E-state index contributed by atoms with van der Waals surface area (Å²) < 4.78 is 27.1. The van der Waals surface area contributed by atoms with Crippen molar-refractivity contribution in [1.29, 1.82) is 0 Å². The van der Waals surface area contributed by atoms with E-state index in [4.69, 9.17) is 23.7 Å². The summed E-state index contributed by atoms with van der Waals surface area (Å²) in [5, 5.41) is 2.56. The van der Waals surface area contributed by atoms with Crippen LogP contribution in [0, 0.1) is 0 Å². The van der Waals surface area contributed by atoms with Gasteiger partial charge in [-0.1, -0.05) is 18.2 Å². The maximum absolute atomic E-state index is 12.2. The monoisotopic (exact) mass is 471 g/mol. The van der Waals surface area contributed by atoms with Crippen LogP contribution in [-0.2, 0) is 25.5 Å². The third-order valence-electron chi connectivity index (χ3n) is 4.80. The number of carbonyl (C=O) groups excluding carboxylic acids is 3. The topological polar surface area (TPSA) is 109 Å². The van der Waals surface area contributed by atoms with Crippen LogP contribution < -0.4 is 19.5 Å². The molecule has 0 fully saturated rings. The molecule has 0 bridgehead atoms. The number of methoxy groups -OCH3 is 1. The van der Waals surface area contributed by atoms with Gasteiger partial charge in [0.05, 0.1) is 7.11 Å². The molecular formula is C25H29NO8. The van der Waals surface area contributed by atoms with Gasteiger partial charge < -0.3 is 29.0 Å². The lowest BCUT2D eigenvalue weighted by Gasteiger charge is -2.27. The molecule has 1 aliphatic rings. The van der Waals surface area contributed by atoms with E-state index in [0.717, 1.165) is 11.1 Å². The van der Waals surface area contributed by atoms with Crippen molar-refractivity contribution >= 4 is 18.0 Å². The number of nitrogens with one attached hydrogen (secondary N) is 1. The summed E-state index contributed by atoms with van der Waals surface area (Å²) in [6, 6.07) is 11.4. The first-order valence-electron chi connectivity index (χ1n) is 10.8. The highest BCUT2D eigenvalue weighted by Crippen LogP contribution is 2.37. The van der Waals surface area contributed by atoms with Gasteiger partial charge in [0.25, 0.3) is 0 Å². The highest BCUT2D eigenvalue weighted by Gasteiger charge is 2.27.